The number of ether oxygens (including phenoxy) is 2. The number of nitrogens with two attached hydrogens (primary N) is 1. The Bertz CT molecular complexity index is 1050. The molecule has 0 aliphatic carbocycles. The molecule has 1 aromatic carbocycles. The van der Waals surface area contributed by atoms with Crippen molar-refractivity contribution in [2.24, 2.45) is 0 Å². The first-order valence-corrected chi connectivity index (χ1v) is 8.51. The molecule has 2 heterocycles. The normalized spacial score (nSPS) is 10.4. The molecule has 0 radical (unpaired) electrons. The van der Waals surface area contributed by atoms with Gasteiger partial charge in [0.05, 0.1) is 41.8 Å². The van der Waals surface area contributed by atoms with Crippen LogP contribution in [0, 0.1) is 0 Å². The molecule has 11 heteroatoms. The Hall–Kier alpha value is -3.17. The van der Waals surface area contributed by atoms with Crippen LogP contribution in [0.15, 0.2) is 31.0 Å². The lowest BCUT2D eigenvalue weighted by atomic mass is 10.1. The highest BCUT2D eigenvalue weighted by molar-refractivity contribution is 6.42. The average molecular weight is 421 g/mol. The number of hydrogen-bond acceptors (Lipinski definition) is 9. The summed E-state index contributed by atoms with van der Waals surface area (Å²) in [4.78, 5) is 28.3. The van der Waals surface area contributed by atoms with Crippen molar-refractivity contribution in [3.63, 3.8) is 0 Å². The predicted molar refractivity (Wildman–Crippen MR) is 105 cm³/mol. The van der Waals surface area contributed by atoms with E-state index in [9.17, 15) is 4.79 Å². The van der Waals surface area contributed by atoms with E-state index >= 15 is 0 Å². The first kappa shape index (κ1) is 19.6. The number of esters is 1. The number of benzene rings is 1. The van der Waals surface area contributed by atoms with Crippen molar-refractivity contribution >= 4 is 46.5 Å². The standard InChI is InChI=1S/C17H14Cl2N6O3/c1-27-11-3-8(17(26)28-2)13(18)15(14(11)19)25-16-9(5-21-6-24-16)10-4-12(20)23-7-22-10/h3-7H,1-2H3,(H2,20,22,23)(H,21,24,25). The number of methoxy groups -OCH3 is 2. The van der Waals surface area contributed by atoms with Crippen molar-refractivity contribution in [3.8, 4) is 17.0 Å². The van der Waals surface area contributed by atoms with Gasteiger partial charge in [0.25, 0.3) is 0 Å². The summed E-state index contributed by atoms with van der Waals surface area (Å²) in [5, 5.41) is 3.22. The van der Waals surface area contributed by atoms with E-state index in [1.807, 2.05) is 0 Å². The molecule has 0 aliphatic rings. The monoisotopic (exact) mass is 420 g/mol. The lowest BCUT2D eigenvalue weighted by Crippen LogP contribution is -2.07. The Balaban J connectivity index is 2.14. The Morgan fingerprint density at radius 1 is 1.11 bits per heavy atom. The molecule has 0 saturated carbocycles. The third-order valence-corrected chi connectivity index (χ3v) is 4.48. The third kappa shape index (κ3) is 3.75. The van der Waals surface area contributed by atoms with Crippen LogP contribution in [-0.2, 0) is 4.74 Å². The van der Waals surface area contributed by atoms with E-state index in [0.29, 0.717) is 17.1 Å². The van der Waals surface area contributed by atoms with E-state index in [2.05, 4.69) is 25.3 Å². The highest BCUT2D eigenvalue weighted by atomic mass is 35.5. The number of nitrogens with one attached hydrogen (secondary N) is 1. The molecule has 0 spiro atoms. The highest BCUT2D eigenvalue weighted by Gasteiger charge is 2.22. The van der Waals surface area contributed by atoms with Gasteiger partial charge in [-0.1, -0.05) is 23.2 Å². The summed E-state index contributed by atoms with van der Waals surface area (Å²) >= 11 is 12.8. The largest absolute Gasteiger partial charge is 0.495 e. The molecule has 0 fully saturated rings. The van der Waals surface area contributed by atoms with Gasteiger partial charge in [-0.15, -0.1) is 0 Å². The molecule has 2 aromatic heterocycles. The van der Waals surface area contributed by atoms with Crippen molar-refractivity contribution in [1.29, 1.82) is 0 Å². The van der Waals surface area contributed by atoms with Crippen molar-refractivity contribution in [2.75, 3.05) is 25.3 Å². The molecular weight excluding hydrogens is 407 g/mol. The van der Waals surface area contributed by atoms with E-state index in [0.717, 1.165) is 0 Å². The van der Waals surface area contributed by atoms with Gasteiger partial charge in [-0.25, -0.2) is 24.7 Å². The highest BCUT2D eigenvalue weighted by Crippen LogP contribution is 2.42. The molecule has 0 unspecified atom stereocenters. The number of nitrogens with zero attached hydrogens (tertiary/aromatic N) is 4. The molecule has 3 N–H and O–H groups in total. The zero-order valence-corrected chi connectivity index (χ0v) is 16.2. The molecule has 144 valence electrons. The van der Waals surface area contributed by atoms with Crippen LogP contribution in [-0.4, -0.2) is 40.1 Å². The van der Waals surface area contributed by atoms with Crippen molar-refractivity contribution < 1.29 is 14.3 Å². The number of carbonyl (C=O) groups is 1. The minimum Gasteiger partial charge on any atom is -0.495 e. The van der Waals surface area contributed by atoms with Gasteiger partial charge < -0.3 is 20.5 Å². The van der Waals surface area contributed by atoms with Crippen molar-refractivity contribution in [3.05, 3.63) is 46.6 Å². The van der Waals surface area contributed by atoms with Gasteiger partial charge in [-0.05, 0) is 6.07 Å². The fraction of sp³-hybridized carbons (Fsp3) is 0.118. The quantitative estimate of drug-likeness (QED) is 0.597. The Morgan fingerprint density at radius 2 is 1.89 bits per heavy atom. The van der Waals surface area contributed by atoms with Crippen LogP contribution in [0.2, 0.25) is 10.0 Å². The molecule has 0 amide bonds. The van der Waals surface area contributed by atoms with Crippen LogP contribution >= 0.6 is 23.2 Å². The smallest absolute Gasteiger partial charge is 0.339 e. The summed E-state index contributed by atoms with van der Waals surface area (Å²) in [6.07, 6.45) is 4.20. The maximum atomic E-state index is 12.1. The zero-order chi connectivity index (χ0) is 20.3. The van der Waals surface area contributed by atoms with Gasteiger partial charge in [0.15, 0.2) is 0 Å². The number of rotatable bonds is 5. The average Bonchev–Trinajstić information content (AvgIpc) is 2.71. The molecule has 0 aliphatic heterocycles. The molecule has 0 saturated heterocycles. The van der Waals surface area contributed by atoms with E-state index in [-0.39, 0.29) is 32.9 Å². The van der Waals surface area contributed by atoms with E-state index in [4.69, 9.17) is 38.4 Å². The first-order valence-electron chi connectivity index (χ1n) is 7.75. The fourth-order valence-electron chi connectivity index (χ4n) is 2.38. The number of hydrogen-bond donors (Lipinski definition) is 2. The molecule has 28 heavy (non-hydrogen) atoms. The Morgan fingerprint density at radius 3 is 2.57 bits per heavy atom. The maximum Gasteiger partial charge on any atom is 0.339 e. The van der Waals surface area contributed by atoms with Gasteiger partial charge in [-0.3, -0.25) is 0 Å². The van der Waals surface area contributed by atoms with Crippen molar-refractivity contribution in [2.45, 2.75) is 0 Å². The van der Waals surface area contributed by atoms with Gasteiger partial charge in [-0.2, -0.15) is 0 Å². The number of aromatic nitrogens is 4. The van der Waals surface area contributed by atoms with Gasteiger partial charge >= 0.3 is 5.97 Å². The summed E-state index contributed by atoms with van der Waals surface area (Å²) in [5.41, 5.74) is 7.03. The van der Waals surface area contributed by atoms with E-state index in [1.165, 1.54) is 32.9 Å². The second-order valence-corrected chi connectivity index (χ2v) is 6.11. The lowest BCUT2D eigenvalue weighted by molar-refractivity contribution is 0.0600. The number of halogens is 2. The van der Waals surface area contributed by atoms with Gasteiger partial charge in [0.2, 0.25) is 0 Å². The van der Waals surface area contributed by atoms with Crippen LogP contribution in [0.4, 0.5) is 17.3 Å². The summed E-state index contributed by atoms with van der Waals surface area (Å²) in [6.45, 7) is 0. The maximum absolute atomic E-state index is 12.1. The summed E-state index contributed by atoms with van der Waals surface area (Å²) < 4.78 is 10.00. The molecule has 0 atom stereocenters. The fourth-order valence-corrected chi connectivity index (χ4v) is 2.98. The van der Waals surface area contributed by atoms with E-state index < -0.39 is 5.97 Å². The first-order chi connectivity index (χ1) is 13.5. The van der Waals surface area contributed by atoms with Gasteiger partial charge in [0.1, 0.15) is 35.1 Å². The topological polar surface area (TPSA) is 125 Å². The second kappa shape index (κ2) is 8.24. The van der Waals surface area contributed by atoms with Crippen LogP contribution in [0.1, 0.15) is 10.4 Å². The number of anilines is 3. The Labute approximate surface area is 169 Å². The van der Waals surface area contributed by atoms with Gasteiger partial charge in [0, 0.05) is 12.3 Å². The third-order valence-electron chi connectivity index (χ3n) is 3.71. The van der Waals surface area contributed by atoms with Crippen LogP contribution < -0.4 is 15.8 Å². The minimum atomic E-state index is -0.644. The molecule has 9 nitrogen and oxygen atoms in total. The molecular formula is C17H14Cl2N6O3. The summed E-state index contributed by atoms with van der Waals surface area (Å²) in [6, 6.07) is 2.96. The van der Waals surface area contributed by atoms with Crippen LogP contribution in [0.5, 0.6) is 5.75 Å². The minimum absolute atomic E-state index is 0.0458. The van der Waals surface area contributed by atoms with E-state index in [1.54, 1.807) is 12.3 Å². The molecule has 3 aromatic rings. The summed E-state index contributed by atoms with van der Waals surface area (Å²) in [5.74, 6) is 0.205. The molecule has 3 rings (SSSR count). The van der Waals surface area contributed by atoms with Crippen molar-refractivity contribution in [1.82, 2.24) is 19.9 Å². The second-order valence-electron chi connectivity index (χ2n) is 5.36. The van der Waals surface area contributed by atoms with Crippen LogP contribution in [0.3, 0.4) is 0 Å². The molecule has 0 bridgehead atoms. The Kier molecular flexibility index (Phi) is 5.76. The SMILES string of the molecule is COC(=O)c1cc(OC)c(Cl)c(Nc2ncncc2-c2cc(N)ncn2)c1Cl. The number of carbonyl (C=O) groups excluding carboxylic acids is 1. The lowest BCUT2D eigenvalue weighted by Gasteiger charge is -2.16. The van der Waals surface area contributed by atoms with Crippen LogP contribution in [0.25, 0.3) is 11.3 Å². The number of nitrogen functional groups attached to an aromatic ring is 1. The predicted octanol–water partition coefficient (Wildman–Crippen LogP) is 3.36. The summed E-state index contributed by atoms with van der Waals surface area (Å²) in [7, 11) is 2.66. The zero-order valence-electron chi connectivity index (χ0n) is 14.7.